The van der Waals surface area contributed by atoms with Gasteiger partial charge in [0.25, 0.3) is 11.7 Å². The van der Waals surface area contributed by atoms with Crippen molar-refractivity contribution in [3.63, 3.8) is 0 Å². The zero-order chi connectivity index (χ0) is 18.1. The van der Waals surface area contributed by atoms with Crippen molar-refractivity contribution in [3.8, 4) is 0 Å². The van der Waals surface area contributed by atoms with Crippen molar-refractivity contribution >= 4 is 11.7 Å². The van der Waals surface area contributed by atoms with Crippen molar-refractivity contribution in [2.24, 2.45) is 0 Å². The molecule has 0 saturated carbocycles. The number of hydrogen-bond donors (Lipinski definition) is 0. The van der Waals surface area contributed by atoms with Crippen LogP contribution in [0.3, 0.4) is 0 Å². The third kappa shape index (κ3) is 3.24. The van der Waals surface area contributed by atoms with Crippen LogP contribution in [0.5, 0.6) is 0 Å². The van der Waals surface area contributed by atoms with E-state index >= 15 is 0 Å². The Morgan fingerprint density at radius 3 is 2.68 bits per heavy atom. The maximum atomic E-state index is 13.0. The number of hydrogen-bond acceptors (Lipinski definition) is 5. The van der Waals surface area contributed by atoms with Crippen LogP contribution >= 0.6 is 0 Å². The summed E-state index contributed by atoms with van der Waals surface area (Å²) in [6, 6.07) is 2.20. The first-order chi connectivity index (χ1) is 11.9. The molecule has 0 radical (unpaired) electrons. The average Bonchev–Trinajstić information content (AvgIpc) is 3.18. The molecule has 0 aliphatic rings. The molecule has 0 unspecified atom stereocenters. The molecular formula is C17H23N7O. The molecule has 0 aromatic carbocycles. The Morgan fingerprint density at radius 1 is 1.28 bits per heavy atom. The first-order valence-electron chi connectivity index (χ1n) is 8.42. The lowest BCUT2D eigenvalue weighted by Crippen LogP contribution is -2.32. The first kappa shape index (κ1) is 17.1. The van der Waals surface area contributed by atoms with E-state index in [4.69, 9.17) is 0 Å². The highest BCUT2D eigenvalue weighted by Crippen LogP contribution is 2.13. The van der Waals surface area contributed by atoms with E-state index in [0.717, 1.165) is 17.0 Å². The van der Waals surface area contributed by atoms with E-state index in [0.29, 0.717) is 18.9 Å². The second kappa shape index (κ2) is 6.62. The predicted octanol–water partition coefficient (Wildman–Crippen LogP) is 2.18. The summed E-state index contributed by atoms with van der Waals surface area (Å²) >= 11 is 0. The SMILES string of the molecule is CCN(Cc1cnn(C(C)C)c1)C(=O)c1nnc2nc(C)cc(C)n12. The molecule has 3 aromatic heterocycles. The number of aromatic nitrogens is 6. The van der Waals surface area contributed by atoms with Crippen molar-refractivity contribution in [1.29, 1.82) is 0 Å². The Morgan fingerprint density at radius 2 is 2.04 bits per heavy atom. The van der Waals surface area contributed by atoms with Gasteiger partial charge in [0, 0.05) is 42.3 Å². The van der Waals surface area contributed by atoms with Crippen LogP contribution in [0.1, 0.15) is 54.4 Å². The quantitative estimate of drug-likeness (QED) is 0.710. The number of carbonyl (C=O) groups excluding carboxylic acids is 1. The molecule has 0 bridgehead atoms. The van der Waals surface area contributed by atoms with Crippen molar-refractivity contribution in [3.05, 3.63) is 41.2 Å². The smallest absolute Gasteiger partial charge is 0.292 e. The van der Waals surface area contributed by atoms with Gasteiger partial charge in [-0.2, -0.15) is 5.10 Å². The van der Waals surface area contributed by atoms with Gasteiger partial charge in [-0.25, -0.2) is 4.98 Å². The standard InChI is InChI=1S/C17H23N7O/c1-6-22(9-14-8-18-23(10-14)11(2)3)16(25)15-20-21-17-19-12(4)7-13(5)24(15)17/h7-8,10-11H,6,9H2,1-5H3. The molecule has 3 rings (SSSR count). The fourth-order valence-corrected chi connectivity index (χ4v) is 2.80. The molecule has 0 fully saturated rings. The van der Waals surface area contributed by atoms with E-state index in [-0.39, 0.29) is 17.8 Å². The Hall–Kier alpha value is -2.77. The molecule has 0 aliphatic heterocycles. The van der Waals surface area contributed by atoms with Crippen LogP contribution in [0.4, 0.5) is 0 Å². The molecule has 3 heterocycles. The van der Waals surface area contributed by atoms with Crippen LogP contribution < -0.4 is 0 Å². The second-order valence-corrected chi connectivity index (χ2v) is 6.44. The highest BCUT2D eigenvalue weighted by Gasteiger charge is 2.22. The zero-order valence-electron chi connectivity index (χ0n) is 15.3. The number of aryl methyl sites for hydroxylation is 2. The van der Waals surface area contributed by atoms with Crippen molar-refractivity contribution < 1.29 is 4.79 Å². The molecule has 0 aliphatic carbocycles. The maximum Gasteiger partial charge on any atom is 0.292 e. The van der Waals surface area contributed by atoms with E-state index in [1.807, 2.05) is 37.7 Å². The average molecular weight is 341 g/mol. The Bertz CT molecular complexity index is 909. The van der Waals surface area contributed by atoms with Gasteiger partial charge in [-0.05, 0) is 40.7 Å². The van der Waals surface area contributed by atoms with Gasteiger partial charge in [-0.1, -0.05) is 0 Å². The number of amides is 1. The van der Waals surface area contributed by atoms with Crippen molar-refractivity contribution in [2.75, 3.05) is 6.54 Å². The van der Waals surface area contributed by atoms with Crippen LogP contribution in [0, 0.1) is 13.8 Å². The monoisotopic (exact) mass is 341 g/mol. The second-order valence-electron chi connectivity index (χ2n) is 6.44. The predicted molar refractivity (Wildman–Crippen MR) is 93.3 cm³/mol. The van der Waals surface area contributed by atoms with E-state index in [1.54, 1.807) is 15.5 Å². The largest absolute Gasteiger partial charge is 0.332 e. The number of carbonyl (C=O) groups is 1. The van der Waals surface area contributed by atoms with Gasteiger partial charge >= 0.3 is 0 Å². The van der Waals surface area contributed by atoms with E-state index in [9.17, 15) is 4.79 Å². The number of fused-ring (bicyclic) bond motifs is 1. The fraction of sp³-hybridized carbons (Fsp3) is 0.471. The minimum atomic E-state index is -0.166. The topological polar surface area (TPSA) is 81.2 Å². The molecule has 25 heavy (non-hydrogen) atoms. The third-order valence-corrected chi connectivity index (χ3v) is 4.11. The van der Waals surface area contributed by atoms with E-state index in [1.165, 1.54) is 0 Å². The first-order valence-corrected chi connectivity index (χ1v) is 8.42. The normalized spacial score (nSPS) is 11.4. The van der Waals surface area contributed by atoms with Gasteiger partial charge in [0.1, 0.15) is 0 Å². The minimum absolute atomic E-state index is 0.166. The van der Waals surface area contributed by atoms with Crippen LogP contribution in [-0.4, -0.2) is 46.7 Å². The number of nitrogens with zero attached hydrogens (tertiary/aromatic N) is 7. The molecule has 0 spiro atoms. The third-order valence-electron chi connectivity index (χ3n) is 4.11. The maximum absolute atomic E-state index is 13.0. The summed E-state index contributed by atoms with van der Waals surface area (Å²) in [7, 11) is 0. The van der Waals surface area contributed by atoms with Gasteiger partial charge in [0.2, 0.25) is 5.82 Å². The highest BCUT2D eigenvalue weighted by atomic mass is 16.2. The van der Waals surface area contributed by atoms with Crippen molar-refractivity contribution in [1.82, 2.24) is 34.3 Å². The Kier molecular flexibility index (Phi) is 4.52. The van der Waals surface area contributed by atoms with Crippen LogP contribution in [0.2, 0.25) is 0 Å². The van der Waals surface area contributed by atoms with Gasteiger partial charge in [0.05, 0.1) is 6.20 Å². The summed E-state index contributed by atoms with van der Waals surface area (Å²) < 4.78 is 3.59. The zero-order valence-corrected chi connectivity index (χ0v) is 15.3. The lowest BCUT2D eigenvalue weighted by Gasteiger charge is -2.19. The summed E-state index contributed by atoms with van der Waals surface area (Å²) in [6.45, 7) is 11.0. The molecule has 0 saturated heterocycles. The molecule has 8 nitrogen and oxygen atoms in total. The summed E-state index contributed by atoms with van der Waals surface area (Å²) in [5.41, 5.74) is 2.73. The minimum Gasteiger partial charge on any atom is -0.332 e. The van der Waals surface area contributed by atoms with Gasteiger partial charge in [0.15, 0.2) is 0 Å². The van der Waals surface area contributed by atoms with E-state index in [2.05, 4.69) is 34.1 Å². The van der Waals surface area contributed by atoms with Gasteiger partial charge in [-0.3, -0.25) is 13.9 Å². The molecule has 0 atom stereocenters. The Labute approximate surface area is 146 Å². The van der Waals surface area contributed by atoms with Gasteiger partial charge in [-0.15, -0.1) is 10.2 Å². The summed E-state index contributed by atoms with van der Waals surface area (Å²) in [5.74, 6) is 0.573. The Balaban J connectivity index is 1.89. The molecular weight excluding hydrogens is 318 g/mol. The van der Waals surface area contributed by atoms with Crippen LogP contribution in [0.15, 0.2) is 18.5 Å². The van der Waals surface area contributed by atoms with Crippen LogP contribution in [0.25, 0.3) is 5.78 Å². The summed E-state index contributed by atoms with van der Waals surface area (Å²) in [5, 5.41) is 12.5. The fourth-order valence-electron chi connectivity index (χ4n) is 2.80. The summed E-state index contributed by atoms with van der Waals surface area (Å²) in [6.07, 6.45) is 3.77. The molecule has 0 N–H and O–H groups in total. The van der Waals surface area contributed by atoms with Crippen molar-refractivity contribution in [2.45, 2.75) is 47.2 Å². The van der Waals surface area contributed by atoms with Gasteiger partial charge < -0.3 is 4.90 Å². The molecule has 8 heteroatoms. The highest BCUT2D eigenvalue weighted by molar-refractivity contribution is 5.91. The van der Waals surface area contributed by atoms with E-state index < -0.39 is 0 Å². The molecule has 132 valence electrons. The number of rotatable bonds is 5. The lowest BCUT2D eigenvalue weighted by molar-refractivity contribution is 0.0738. The van der Waals surface area contributed by atoms with Crippen LogP contribution in [-0.2, 0) is 6.54 Å². The summed E-state index contributed by atoms with van der Waals surface area (Å²) in [4.78, 5) is 19.1. The molecule has 1 amide bonds. The molecule has 3 aromatic rings. The lowest BCUT2D eigenvalue weighted by atomic mass is 10.3.